The van der Waals surface area contributed by atoms with Crippen molar-refractivity contribution in [2.24, 2.45) is 5.92 Å². The summed E-state index contributed by atoms with van der Waals surface area (Å²) in [4.78, 5) is 13.8. The van der Waals surface area contributed by atoms with Gasteiger partial charge in [0.2, 0.25) is 0 Å². The summed E-state index contributed by atoms with van der Waals surface area (Å²) in [5.41, 5.74) is 8.09. The van der Waals surface area contributed by atoms with E-state index in [0.29, 0.717) is 5.92 Å². The molecule has 1 fully saturated rings. The molecule has 0 atom stereocenters. The highest BCUT2D eigenvalue weighted by molar-refractivity contribution is 5.92. The van der Waals surface area contributed by atoms with Crippen molar-refractivity contribution in [3.8, 4) is 5.75 Å². The van der Waals surface area contributed by atoms with Gasteiger partial charge in [0, 0.05) is 36.0 Å². The van der Waals surface area contributed by atoms with Crippen LogP contribution >= 0.6 is 0 Å². The number of aldehydes is 1. The van der Waals surface area contributed by atoms with Crippen LogP contribution in [0.1, 0.15) is 66.1 Å². The first-order chi connectivity index (χ1) is 14.6. The monoisotopic (exact) mass is 401 g/mol. The van der Waals surface area contributed by atoms with Crippen LogP contribution in [-0.2, 0) is 0 Å². The molecule has 30 heavy (non-hydrogen) atoms. The number of carbonyl (C=O) groups is 1. The second-order valence-electron chi connectivity index (χ2n) is 8.64. The van der Waals surface area contributed by atoms with Crippen molar-refractivity contribution >= 4 is 29.7 Å². The molecule has 0 spiro atoms. The van der Waals surface area contributed by atoms with Crippen molar-refractivity contribution in [2.75, 3.05) is 25.6 Å². The van der Waals surface area contributed by atoms with E-state index in [4.69, 9.17) is 4.74 Å². The van der Waals surface area contributed by atoms with Gasteiger partial charge in [-0.2, -0.15) is 0 Å². The van der Waals surface area contributed by atoms with Crippen LogP contribution in [0.2, 0.25) is 0 Å². The van der Waals surface area contributed by atoms with E-state index >= 15 is 0 Å². The second kappa shape index (κ2) is 8.91. The number of hydrogen-bond donors (Lipinski definition) is 0. The number of carbonyl (C=O) groups excluding carboxylic acids is 1. The van der Waals surface area contributed by atoms with Gasteiger partial charge in [-0.25, -0.2) is 0 Å². The van der Waals surface area contributed by atoms with Crippen molar-refractivity contribution in [1.82, 2.24) is 0 Å². The molecule has 1 heterocycles. The minimum absolute atomic E-state index is 0.538. The Morgan fingerprint density at radius 2 is 1.87 bits per heavy atom. The summed E-state index contributed by atoms with van der Waals surface area (Å²) in [5, 5.41) is 0. The molecule has 0 bridgehead atoms. The van der Waals surface area contributed by atoms with Crippen LogP contribution in [-0.4, -0.2) is 27.0 Å². The molecule has 3 heteroatoms. The molecule has 0 saturated heterocycles. The van der Waals surface area contributed by atoms with Gasteiger partial charge in [0.25, 0.3) is 0 Å². The molecule has 1 saturated carbocycles. The normalized spacial score (nSPS) is 19.1. The van der Waals surface area contributed by atoms with Gasteiger partial charge in [-0.3, -0.25) is 4.79 Å². The highest BCUT2D eigenvalue weighted by Crippen LogP contribution is 2.42. The molecule has 0 N–H and O–H groups in total. The van der Waals surface area contributed by atoms with E-state index in [9.17, 15) is 4.79 Å². The van der Waals surface area contributed by atoms with Crippen LogP contribution in [0.4, 0.5) is 5.69 Å². The first kappa shape index (κ1) is 20.5. The molecule has 3 nitrogen and oxygen atoms in total. The Hall–Kier alpha value is -2.81. The third-order valence-corrected chi connectivity index (χ3v) is 6.43. The summed E-state index contributed by atoms with van der Waals surface area (Å²) >= 11 is 0. The standard InChI is InChI=1S/C27H31NO2/c1-19-14-25-22(10-7-11-27(25)30-3)16-24(21-8-5-4-6-9-21)23-13-12-20(18-29)15-26(23)28(2)17-19/h7,10-16,18,21H,4-6,8-9,17H2,1-3H3/b19-14-,24-16?. The van der Waals surface area contributed by atoms with Crippen molar-refractivity contribution in [2.45, 2.75) is 39.0 Å². The minimum atomic E-state index is 0.538. The topological polar surface area (TPSA) is 29.5 Å². The molecule has 0 amide bonds. The summed E-state index contributed by atoms with van der Waals surface area (Å²) < 4.78 is 5.71. The Morgan fingerprint density at radius 1 is 1.07 bits per heavy atom. The SMILES string of the molecule is COc1cccc2c1/C=C(/C)CN(C)c1cc(C=O)ccc1C(C1CCCCC1)=C2. The van der Waals surface area contributed by atoms with Crippen LogP contribution in [0.5, 0.6) is 5.75 Å². The maximum Gasteiger partial charge on any atom is 0.150 e. The number of nitrogens with zero attached hydrogens (tertiary/aromatic N) is 1. The van der Waals surface area contributed by atoms with Gasteiger partial charge >= 0.3 is 0 Å². The number of likely N-dealkylation sites (N-methyl/N-ethyl adjacent to an activating group) is 1. The molecular formula is C27H31NO2. The van der Waals surface area contributed by atoms with Crippen molar-refractivity contribution in [1.29, 1.82) is 0 Å². The minimum Gasteiger partial charge on any atom is -0.496 e. The number of rotatable bonds is 3. The van der Waals surface area contributed by atoms with Crippen LogP contribution in [0.3, 0.4) is 0 Å². The fourth-order valence-electron chi connectivity index (χ4n) is 4.95. The molecular weight excluding hydrogens is 370 g/mol. The summed E-state index contributed by atoms with van der Waals surface area (Å²) in [7, 11) is 3.86. The maximum atomic E-state index is 11.5. The largest absolute Gasteiger partial charge is 0.496 e. The van der Waals surface area contributed by atoms with Crippen LogP contribution in [0.15, 0.2) is 42.0 Å². The van der Waals surface area contributed by atoms with Crippen molar-refractivity contribution in [3.63, 3.8) is 0 Å². The molecule has 0 radical (unpaired) electrons. The smallest absolute Gasteiger partial charge is 0.150 e. The quantitative estimate of drug-likeness (QED) is 0.551. The predicted molar refractivity (Wildman–Crippen MR) is 126 cm³/mol. The molecule has 156 valence electrons. The predicted octanol–water partition coefficient (Wildman–Crippen LogP) is 6.48. The van der Waals surface area contributed by atoms with Gasteiger partial charge in [0.1, 0.15) is 12.0 Å². The number of benzene rings is 2. The summed E-state index contributed by atoms with van der Waals surface area (Å²) in [6, 6.07) is 12.4. The van der Waals surface area contributed by atoms with Crippen LogP contribution in [0, 0.1) is 5.92 Å². The molecule has 2 aromatic carbocycles. The van der Waals surface area contributed by atoms with Crippen molar-refractivity contribution in [3.05, 3.63) is 64.2 Å². The fraction of sp³-hybridized carbons (Fsp3) is 0.370. The molecule has 0 aromatic heterocycles. The Bertz CT molecular complexity index is 996. The zero-order valence-electron chi connectivity index (χ0n) is 18.3. The van der Waals surface area contributed by atoms with E-state index in [1.165, 1.54) is 54.4 Å². The van der Waals surface area contributed by atoms with E-state index in [1.807, 2.05) is 18.2 Å². The molecule has 2 aromatic rings. The average Bonchev–Trinajstić information content (AvgIpc) is 2.78. The zero-order valence-corrected chi connectivity index (χ0v) is 18.3. The van der Waals surface area contributed by atoms with E-state index in [2.05, 4.69) is 49.2 Å². The van der Waals surface area contributed by atoms with E-state index in [1.54, 1.807) is 7.11 Å². The van der Waals surface area contributed by atoms with Gasteiger partial charge in [-0.1, -0.05) is 55.2 Å². The van der Waals surface area contributed by atoms with Gasteiger partial charge in [0.15, 0.2) is 0 Å². The molecule has 0 unspecified atom stereocenters. The maximum absolute atomic E-state index is 11.5. The highest BCUT2D eigenvalue weighted by Gasteiger charge is 2.24. The van der Waals surface area contributed by atoms with Gasteiger partial charge in [-0.15, -0.1) is 0 Å². The van der Waals surface area contributed by atoms with Gasteiger partial charge in [0.05, 0.1) is 7.11 Å². The van der Waals surface area contributed by atoms with Gasteiger partial charge in [-0.05, 0) is 55.0 Å². The third-order valence-electron chi connectivity index (χ3n) is 6.43. The highest BCUT2D eigenvalue weighted by atomic mass is 16.5. The summed E-state index contributed by atoms with van der Waals surface area (Å²) in [5.74, 6) is 1.45. The zero-order chi connectivity index (χ0) is 21.1. The lowest BCUT2D eigenvalue weighted by molar-refractivity contribution is 0.112. The first-order valence-corrected chi connectivity index (χ1v) is 11.0. The van der Waals surface area contributed by atoms with Crippen LogP contribution in [0.25, 0.3) is 17.7 Å². The van der Waals surface area contributed by atoms with E-state index < -0.39 is 0 Å². The molecule has 4 rings (SSSR count). The lowest BCUT2D eigenvalue weighted by Gasteiger charge is -2.30. The number of hydrogen-bond acceptors (Lipinski definition) is 3. The molecule has 1 aliphatic heterocycles. The van der Waals surface area contributed by atoms with E-state index in [-0.39, 0.29) is 0 Å². The Kier molecular flexibility index (Phi) is 6.08. The number of anilines is 1. The Morgan fingerprint density at radius 3 is 2.60 bits per heavy atom. The lowest BCUT2D eigenvalue weighted by Crippen LogP contribution is -2.22. The average molecular weight is 402 g/mol. The van der Waals surface area contributed by atoms with Crippen LogP contribution < -0.4 is 9.64 Å². The Balaban J connectivity index is 1.99. The molecule has 2 aliphatic rings. The number of methoxy groups -OCH3 is 1. The lowest BCUT2D eigenvalue weighted by atomic mass is 9.79. The van der Waals surface area contributed by atoms with E-state index in [0.717, 1.165) is 35.4 Å². The Labute approximate surface area is 180 Å². The first-order valence-electron chi connectivity index (χ1n) is 11.0. The van der Waals surface area contributed by atoms with Crippen molar-refractivity contribution < 1.29 is 9.53 Å². The number of ether oxygens (including phenoxy) is 1. The summed E-state index contributed by atoms with van der Waals surface area (Å²) in [6.07, 6.45) is 11.9. The number of fused-ring (bicyclic) bond motifs is 2. The molecule has 1 aliphatic carbocycles. The summed E-state index contributed by atoms with van der Waals surface area (Å²) in [6.45, 7) is 2.95. The van der Waals surface area contributed by atoms with Gasteiger partial charge < -0.3 is 9.64 Å². The second-order valence-corrected chi connectivity index (χ2v) is 8.64. The number of allylic oxidation sites excluding steroid dienone is 1. The third kappa shape index (κ3) is 4.07. The fourth-order valence-corrected chi connectivity index (χ4v) is 4.95.